The van der Waals surface area contributed by atoms with Crippen LogP contribution < -0.4 is 4.74 Å². The van der Waals surface area contributed by atoms with Gasteiger partial charge in [0, 0.05) is 21.7 Å². The van der Waals surface area contributed by atoms with Crippen LogP contribution in [0, 0.1) is 6.92 Å². The van der Waals surface area contributed by atoms with Gasteiger partial charge in [0.15, 0.2) is 0 Å². The summed E-state index contributed by atoms with van der Waals surface area (Å²) in [7, 11) is 0. The fourth-order valence-corrected chi connectivity index (χ4v) is 2.95. The van der Waals surface area contributed by atoms with Gasteiger partial charge >= 0.3 is 5.97 Å². The van der Waals surface area contributed by atoms with Gasteiger partial charge in [-0.2, -0.15) is 0 Å². The summed E-state index contributed by atoms with van der Waals surface area (Å²) in [5.74, 6) is 0.453. The van der Waals surface area contributed by atoms with Gasteiger partial charge in [-0.15, -0.1) is 0 Å². The summed E-state index contributed by atoms with van der Waals surface area (Å²) in [6.07, 6.45) is 6.18. The molecule has 4 heteroatoms. The summed E-state index contributed by atoms with van der Waals surface area (Å²) in [5.41, 5.74) is 5.50. The van der Waals surface area contributed by atoms with E-state index >= 15 is 0 Å². The third kappa shape index (κ3) is 6.68. The minimum Gasteiger partial charge on any atom is -0.488 e. The molecule has 0 fully saturated rings. The van der Waals surface area contributed by atoms with Crippen molar-refractivity contribution in [1.29, 1.82) is 0 Å². The van der Waals surface area contributed by atoms with Gasteiger partial charge in [-0.05, 0) is 63.5 Å². The van der Waals surface area contributed by atoms with Gasteiger partial charge in [-0.1, -0.05) is 51.8 Å². The van der Waals surface area contributed by atoms with E-state index in [4.69, 9.17) is 9.47 Å². The van der Waals surface area contributed by atoms with E-state index in [0.29, 0.717) is 13.2 Å². The van der Waals surface area contributed by atoms with E-state index in [0.717, 1.165) is 38.9 Å². The van der Waals surface area contributed by atoms with Crippen molar-refractivity contribution in [3.05, 3.63) is 80.8 Å². The van der Waals surface area contributed by atoms with E-state index in [9.17, 15) is 4.79 Å². The summed E-state index contributed by atoms with van der Waals surface area (Å²) in [4.78, 5) is 11.7. The van der Waals surface area contributed by atoms with Gasteiger partial charge in [-0.3, -0.25) is 0 Å². The number of aryl methyl sites for hydroxylation is 1. The number of hydrogen-bond donors (Lipinski definition) is 0. The molecule has 0 aliphatic heterocycles. The van der Waals surface area contributed by atoms with Crippen LogP contribution in [-0.4, -0.2) is 12.6 Å². The maximum Gasteiger partial charge on any atom is 0.330 e. The molecule has 0 aromatic heterocycles. The summed E-state index contributed by atoms with van der Waals surface area (Å²) in [6, 6.07) is 12.1. The van der Waals surface area contributed by atoms with Gasteiger partial charge in [-0.25, -0.2) is 4.79 Å². The molecule has 2 aromatic rings. The molecular weight excluding hydrogens is 416 g/mol. The predicted octanol–water partition coefficient (Wildman–Crippen LogP) is 6.42. The van der Waals surface area contributed by atoms with E-state index in [1.807, 2.05) is 30.3 Å². The minimum absolute atomic E-state index is 0.354. The Morgan fingerprint density at radius 3 is 2.46 bits per heavy atom. The van der Waals surface area contributed by atoms with Gasteiger partial charge in [0.05, 0.1) is 6.61 Å². The molecule has 0 radical (unpaired) electrons. The molecule has 0 amide bonds. The van der Waals surface area contributed by atoms with Crippen molar-refractivity contribution >= 4 is 28.0 Å². The molecule has 0 atom stereocenters. The third-order valence-corrected chi connectivity index (χ3v) is 4.75. The molecular formula is C24H27BrO3. The predicted molar refractivity (Wildman–Crippen MR) is 118 cm³/mol. The standard InChI is InChI=1S/C24H27BrO3/c1-5-27-23(26)15-11-20-10-7-18(4)22(14-6-17(2)3)24(20)28-16-19-8-12-21(25)13-9-19/h6-13,15H,5,14,16H2,1-4H3/b15-11+. The number of carbonyl (C=O) groups excluding carboxylic acids is 1. The van der Waals surface area contributed by atoms with Crippen molar-refractivity contribution in [2.45, 2.75) is 40.7 Å². The molecule has 0 heterocycles. The molecule has 2 aromatic carbocycles. The van der Waals surface area contributed by atoms with E-state index in [-0.39, 0.29) is 5.97 Å². The largest absolute Gasteiger partial charge is 0.488 e. The molecule has 0 aliphatic rings. The Morgan fingerprint density at radius 2 is 1.82 bits per heavy atom. The van der Waals surface area contributed by atoms with Crippen LogP contribution in [0.1, 0.15) is 43.0 Å². The second-order valence-electron chi connectivity index (χ2n) is 6.77. The van der Waals surface area contributed by atoms with Crippen LogP contribution in [0.15, 0.2) is 58.6 Å². The smallest absolute Gasteiger partial charge is 0.330 e. The normalized spacial score (nSPS) is 10.8. The number of ether oxygens (including phenoxy) is 2. The minimum atomic E-state index is -0.354. The monoisotopic (exact) mass is 442 g/mol. The Hall–Kier alpha value is -2.33. The quantitative estimate of drug-likeness (QED) is 0.268. The molecule has 0 saturated carbocycles. The topological polar surface area (TPSA) is 35.5 Å². The second-order valence-corrected chi connectivity index (χ2v) is 7.68. The number of benzene rings is 2. The van der Waals surface area contributed by atoms with E-state index in [1.54, 1.807) is 13.0 Å². The van der Waals surface area contributed by atoms with Crippen LogP contribution in [0.25, 0.3) is 6.08 Å². The number of hydrogen-bond acceptors (Lipinski definition) is 3. The Bertz CT molecular complexity index is 860. The molecule has 0 unspecified atom stereocenters. The lowest BCUT2D eigenvalue weighted by Crippen LogP contribution is -2.03. The zero-order chi connectivity index (χ0) is 20.5. The van der Waals surface area contributed by atoms with Crippen LogP contribution in [-0.2, 0) is 22.6 Å². The highest BCUT2D eigenvalue weighted by molar-refractivity contribution is 9.10. The highest BCUT2D eigenvalue weighted by Crippen LogP contribution is 2.30. The molecule has 2 rings (SSSR count). The summed E-state index contributed by atoms with van der Waals surface area (Å²) in [6.45, 7) is 8.86. The average molecular weight is 443 g/mol. The van der Waals surface area contributed by atoms with E-state index in [1.165, 1.54) is 11.6 Å². The number of rotatable bonds is 8. The molecule has 3 nitrogen and oxygen atoms in total. The molecule has 28 heavy (non-hydrogen) atoms. The van der Waals surface area contributed by atoms with Gasteiger partial charge in [0.25, 0.3) is 0 Å². The second kappa shape index (κ2) is 10.9. The zero-order valence-electron chi connectivity index (χ0n) is 16.9. The van der Waals surface area contributed by atoms with Crippen LogP contribution in [0.2, 0.25) is 0 Å². The Balaban J connectivity index is 2.37. The highest BCUT2D eigenvalue weighted by atomic mass is 79.9. The fourth-order valence-electron chi connectivity index (χ4n) is 2.69. The van der Waals surface area contributed by atoms with Crippen molar-refractivity contribution in [3.63, 3.8) is 0 Å². The van der Waals surface area contributed by atoms with Crippen LogP contribution in [0.3, 0.4) is 0 Å². The lowest BCUT2D eigenvalue weighted by molar-refractivity contribution is -0.137. The first kappa shape index (κ1) is 22.0. The molecule has 148 valence electrons. The molecule has 0 bridgehead atoms. The highest BCUT2D eigenvalue weighted by Gasteiger charge is 2.12. The van der Waals surface area contributed by atoms with Crippen molar-refractivity contribution in [3.8, 4) is 5.75 Å². The molecule has 0 aliphatic carbocycles. The first-order chi connectivity index (χ1) is 13.4. The van der Waals surface area contributed by atoms with Gasteiger partial charge in [0.2, 0.25) is 0 Å². The van der Waals surface area contributed by atoms with E-state index in [2.05, 4.69) is 48.8 Å². The number of allylic oxidation sites excluding steroid dienone is 2. The third-order valence-electron chi connectivity index (χ3n) is 4.22. The van der Waals surface area contributed by atoms with Crippen molar-refractivity contribution in [2.24, 2.45) is 0 Å². The number of esters is 1. The number of carbonyl (C=O) groups is 1. The first-order valence-electron chi connectivity index (χ1n) is 9.38. The van der Waals surface area contributed by atoms with Gasteiger partial charge < -0.3 is 9.47 Å². The zero-order valence-corrected chi connectivity index (χ0v) is 18.5. The Labute approximate surface area is 176 Å². The van der Waals surface area contributed by atoms with Crippen molar-refractivity contribution in [1.82, 2.24) is 0 Å². The summed E-state index contributed by atoms with van der Waals surface area (Å²) < 4.78 is 12.3. The fraction of sp³-hybridized carbons (Fsp3) is 0.292. The van der Waals surface area contributed by atoms with Crippen LogP contribution >= 0.6 is 15.9 Å². The Kier molecular flexibility index (Phi) is 8.52. The van der Waals surface area contributed by atoms with Crippen LogP contribution in [0.5, 0.6) is 5.75 Å². The molecule has 0 spiro atoms. The van der Waals surface area contributed by atoms with Crippen molar-refractivity contribution in [2.75, 3.05) is 6.61 Å². The molecule has 0 saturated heterocycles. The maximum atomic E-state index is 11.7. The van der Waals surface area contributed by atoms with E-state index < -0.39 is 0 Å². The SMILES string of the molecule is CCOC(=O)/C=C/c1ccc(C)c(CC=C(C)C)c1OCc1ccc(Br)cc1. The van der Waals surface area contributed by atoms with Crippen molar-refractivity contribution < 1.29 is 14.3 Å². The lowest BCUT2D eigenvalue weighted by atomic mass is 9.99. The lowest BCUT2D eigenvalue weighted by Gasteiger charge is -2.16. The summed E-state index contributed by atoms with van der Waals surface area (Å²) >= 11 is 3.45. The molecule has 0 N–H and O–H groups in total. The summed E-state index contributed by atoms with van der Waals surface area (Å²) in [5, 5.41) is 0. The maximum absolute atomic E-state index is 11.7. The Morgan fingerprint density at radius 1 is 1.11 bits per heavy atom. The number of halogens is 1. The van der Waals surface area contributed by atoms with Gasteiger partial charge in [0.1, 0.15) is 12.4 Å². The van der Waals surface area contributed by atoms with Crippen LogP contribution in [0.4, 0.5) is 0 Å². The average Bonchev–Trinajstić information content (AvgIpc) is 2.66. The first-order valence-corrected chi connectivity index (χ1v) is 10.2.